The van der Waals surface area contributed by atoms with E-state index in [9.17, 15) is 0 Å². The van der Waals surface area contributed by atoms with Gasteiger partial charge < -0.3 is 10.1 Å². The molecule has 1 unspecified atom stereocenters. The van der Waals surface area contributed by atoms with Gasteiger partial charge in [0.1, 0.15) is 12.4 Å². The first-order valence-corrected chi connectivity index (χ1v) is 6.22. The van der Waals surface area contributed by atoms with Crippen LogP contribution >= 0.6 is 11.6 Å². The molecule has 0 amide bonds. The predicted octanol–water partition coefficient (Wildman–Crippen LogP) is 3.80. The molecule has 94 valence electrons. The Bertz CT molecular complexity index is 390. The lowest BCUT2D eigenvalue weighted by atomic mass is 10.0. The summed E-state index contributed by atoms with van der Waals surface area (Å²) in [6.45, 7) is 11.2. The summed E-state index contributed by atoms with van der Waals surface area (Å²) in [5, 5.41) is 3.88. The van der Waals surface area contributed by atoms with Crippen LogP contribution in [0.2, 0.25) is 0 Å². The van der Waals surface area contributed by atoms with Crippen molar-refractivity contribution in [2.75, 3.05) is 13.2 Å². The maximum atomic E-state index is 5.73. The van der Waals surface area contributed by atoms with Crippen molar-refractivity contribution in [3.63, 3.8) is 0 Å². The van der Waals surface area contributed by atoms with Crippen LogP contribution in [0.15, 0.2) is 29.8 Å². The SMILES string of the molecule is C=C(Cl)COc1cc(C)ccc1C(C)NCC. The number of hydrogen-bond donors (Lipinski definition) is 1. The van der Waals surface area contributed by atoms with Gasteiger partial charge in [-0.15, -0.1) is 0 Å². The minimum absolute atomic E-state index is 0.263. The molecule has 1 atom stereocenters. The Morgan fingerprint density at radius 1 is 1.53 bits per heavy atom. The number of hydrogen-bond acceptors (Lipinski definition) is 2. The normalized spacial score (nSPS) is 12.2. The van der Waals surface area contributed by atoms with Gasteiger partial charge in [0.2, 0.25) is 0 Å². The van der Waals surface area contributed by atoms with E-state index >= 15 is 0 Å². The highest BCUT2D eigenvalue weighted by atomic mass is 35.5. The van der Waals surface area contributed by atoms with E-state index < -0.39 is 0 Å². The zero-order valence-electron chi connectivity index (χ0n) is 10.7. The Balaban J connectivity index is 2.90. The monoisotopic (exact) mass is 253 g/mol. The molecule has 3 heteroatoms. The lowest BCUT2D eigenvalue weighted by molar-refractivity contribution is 0.350. The average Bonchev–Trinajstić information content (AvgIpc) is 2.26. The van der Waals surface area contributed by atoms with Crippen LogP contribution in [-0.2, 0) is 0 Å². The van der Waals surface area contributed by atoms with Crippen LogP contribution in [0.4, 0.5) is 0 Å². The van der Waals surface area contributed by atoms with E-state index in [0.717, 1.165) is 17.9 Å². The van der Waals surface area contributed by atoms with Crippen molar-refractivity contribution in [1.29, 1.82) is 0 Å². The fourth-order valence-electron chi connectivity index (χ4n) is 1.70. The second kappa shape index (κ2) is 6.67. The van der Waals surface area contributed by atoms with Crippen LogP contribution in [-0.4, -0.2) is 13.2 Å². The van der Waals surface area contributed by atoms with Crippen LogP contribution in [0, 0.1) is 6.92 Å². The van der Waals surface area contributed by atoms with E-state index in [1.54, 1.807) is 0 Å². The van der Waals surface area contributed by atoms with E-state index in [-0.39, 0.29) is 6.04 Å². The molecule has 1 aromatic rings. The third-order valence-electron chi connectivity index (χ3n) is 2.53. The Hall–Kier alpha value is -0.990. The topological polar surface area (TPSA) is 21.3 Å². The fraction of sp³-hybridized carbons (Fsp3) is 0.429. The lowest BCUT2D eigenvalue weighted by Crippen LogP contribution is -2.18. The number of benzene rings is 1. The number of ether oxygens (including phenoxy) is 1. The molecule has 0 spiro atoms. The largest absolute Gasteiger partial charge is 0.488 e. The average molecular weight is 254 g/mol. The van der Waals surface area contributed by atoms with Gasteiger partial charge in [-0.05, 0) is 32.0 Å². The third-order valence-corrected chi connectivity index (χ3v) is 2.64. The molecule has 0 fully saturated rings. The molecule has 1 rings (SSSR count). The highest BCUT2D eigenvalue weighted by Crippen LogP contribution is 2.26. The van der Waals surface area contributed by atoms with Crippen molar-refractivity contribution >= 4 is 11.6 Å². The summed E-state index contributed by atoms with van der Waals surface area (Å²) in [4.78, 5) is 0. The molecule has 0 aromatic heterocycles. The molecular formula is C14H20ClNO. The molecule has 1 N–H and O–H groups in total. The summed E-state index contributed by atoms with van der Waals surface area (Å²) in [5.74, 6) is 0.875. The van der Waals surface area contributed by atoms with E-state index in [4.69, 9.17) is 16.3 Å². The van der Waals surface area contributed by atoms with Crippen molar-refractivity contribution in [3.05, 3.63) is 40.9 Å². The van der Waals surface area contributed by atoms with Gasteiger partial charge in [0.05, 0.1) is 0 Å². The minimum Gasteiger partial charge on any atom is -0.488 e. The van der Waals surface area contributed by atoms with Crippen molar-refractivity contribution in [3.8, 4) is 5.75 Å². The van der Waals surface area contributed by atoms with Crippen molar-refractivity contribution in [2.45, 2.75) is 26.8 Å². The first kappa shape index (κ1) is 14.1. The second-order valence-corrected chi connectivity index (χ2v) is 4.66. The zero-order valence-corrected chi connectivity index (χ0v) is 11.5. The molecule has 0 aliphatic heterocycles. The standard InChI is InChI=1S/C14H20ClNO/c1-5-16-12(4)13-7-6-10(2)8-14(13)17-9-11(3)15/h6-8,12,16H,3,5,9H2,1-2,4H3. The molecule has 0 aliphatic carbocycles. The lowest BCUT2D eigenvalue weighted by Gasteiger charge is -2.18. The van der Waals surface area contributed by atoms with Gasteiger partial charge in [-0.1, -0.05) is 37.2 Å². The Labute approximate surface area is 109 Å². The quantitative estimate of drug-likeness (QED) is 0.833. The Morgan fingerprint density at radius 2 is 2.24 bits per heavy atom. The van der Waals surface area contributed by atoms with Crippen molar-refractivity contribution in [2.24, 2.45) is 0 Å². The number of nitrogens with one attached hydrogen (secondary N) is 1. The Kier molecular flexibility index (Phi) is 5.52. The van der Waals surface area contributed by atoms with Gasteiger partial charge in [0, 0.05) is 16.6 Å². The van der Waals surface area contributed by atoms with Gasteiger partial charge in [-0.3, -0.25) is 0 Å². The van der Waals surface area contributed by atoms with Gasteiger partial charge in [0.25, 0.3) is 0 Å². The second-order valence-electron chi connectivity index (χ2n) is 4.13. The van der Waals surface area contributed by atoms with Crippen molar-refractivity contribution in [1.82, 2.24) is 5.32 Å². The van der Waals surface area contributed by atoms with Crippen LogP contribution in [0.1, 0.15) is 31.0 Å². The molecular weight excluding hydrogens is 234 g/mol. The molecule has 0 heterocycles. The zero-order chi connectivity index (χ0) is 12.8. The first-order valence-electron chi connectivity index (χ1n) is 5.84. The van der Waals surface area contributed by atoms with E-state index in [2.05, 4.69) is 37.9 Å². The summed E-state index contributed by atoms with van der Waals surface area (Å²) < 4.78 is 5.68. The number of halogens is 1. The molecule has 0 aliphatic rings. The highest BCUT2D eigenvalue weighted by molar-refractivity contribution is 6.29. The maximum Gasteiger partial charge on any atom is 0.124 e. The molecule has 0 saturated carbocycles. The number of aryl methyl sites for hydroxylation is 1. The molecule has 17 heavy (non-hydrogen) atoms. The summed E-state index contributed by atoms with van der Waals surface area (Å²) in [6, 6.07) is 6.47. The molecule has 0 radical (unpaired) electrons. The maximum absolute atomic E-state index is 5.73. The van der Waals surface area contributed by atoms with Crippen LogP contribution < -0.4 is 10.1 Å². The number of rotatable bonds is 6. The van der Waals surface area contributed by atoms with E-state index in [1.807, 2.05) is 13.0 Å². The molecule has 2 nitrogen and oxygen atoms in total. The van der Waals surface area contributed by atoms with E-state index in [1.165, 1.54) is 5.56 Å². The van der Waals surface area contributed by atoms with Crippen molar-refractivity contribution < 1.29 is 4.74 Å². The minimum atomic E-state index is 0.263. The Morgan fingerprint density at radius 3 is 2.82 bits per heavy atom. The van der Waals surface area contributed by atoms with Gasteiger partial charge in [-0.2, -0.15) is 0 Å². The molecule has 0 saturated heterocycles. The van der Waals surface area contributed by atoms with Gasteiger partial charge in [0.15, 0.2) is 0 Å². The van der Waals surface area contributed by atoms with Crippen LogP contribution in [0.3, 0.4) is 0 Å². The smallest absolute Gasteiger partial charge is 0.124 e. The van der Waals surface area contributed by atoms with Crippen LogP contribution in [0.25, 0.3) is 0 Å². The van der Waals surface area contributed by atoms with E-state index in [0.29, 0.717) is 11.6 Å². The first-order chi connectivity index (χ1) is 8.04. The van der Waals surface area contributed by atoms with Gasteiger partial charge in [-0.25, -0.2) is 0 Å². The fourth-order valence-corrected chi connectivity index (χ4v) is 1.75. The molecule has 0 bridgehead atoms. The summed E-state index contributed by atoms with van der Waals surface area (Å²) in [6.07, 6.45) is 0. The molecule has 1 aromatic carbocycles. The summed E-state index contributed by atoms with van der Waals surface area (Å²) in [5.41, 5.74) is 2.32. The third kappa shape index (κ3) is 4.41. The summed E-state index contributed by atoms with van der Waals surface area (Å²) in [7, 11) is 0. The van der Waals surface area contributed by atoms with Gasteiger partial charge >= 0.3 is 0 Å². The predicted molar refractivity (Wildman–Crippen MR) is 73.8 cm³/mol. The summed E-state index contributed by atoms with van der Waals surface area (Å²) >= 11 is 5.73. The van der Waals surface area contributed by atoms with Crippen LogP contribution in [0.5, 0.6) is 5.75 Å². The highest BCUT2D eigenvalue weighted by Gasteiger charge is 2.11.